The number of rotatable bonds is 0. The standard InChI is InChI=1S/3C8H5.Sb/c3*1-2-8-6-4-3-5-7-8;/h3*3-7H;. The Labute approximate surface area is 156 Å². The Balaban J connectivity index is 1.88. The molecule has 116 valence electrons. The first-order valence-corrected chi connectivity index (χ1v) is 11.7. The molecule has 1 heteroatoms. The van der Waals surface area contributed by atoms with Gasteiger partial charge in [0.2, 0.25) is 0 Å². The molecule has 0 aliphatic carbocycles. The molecule has 0 aromatic heterocycles. The second-order valence-corrected chi connectivity index (χ2v) is 8.97. The van der Waals surface area contributed by atoms with Crippen molar-refractivity contribution in [3.8, 4) is 29.4 Å². The van der Waals surface area contributed by atoms with Crippen LogP contribution in [0.5, 0.6) is 0 Å². The summed E-state index contributed by atoms with van der Waals surface area (Å²) in [6, 6.07) is 30.1. The van der Waals surface area contributed by atoms with E-state index in [1.54, 1.807) is 0 Å². The SMILES string of the molecule is C(#[C][Sb]([C]#Cc1ccccc1)[C]#Cc1ccccc1)c1ccccc1. The summed E-state index contributed by atoms with van der Waals surface area (Å²) in [5.74, 6) is 9.73. The summed E-state index contributed by atoms with van der Waals surface area (Å²) >= 11 is -2.31. The summed E-state index contributed by atoms with van der Waals surface area (Å²) in [6.45, 7) is 0. The first-order valence-electron chi connectivity index (χ1n) is 7.90. The Bertz CT molecular complexity index is 850. The Kier molecular flexibility index (Phi) is 6.43. The first kappa shape index (κ1) is 17.0. The number of benzene rings is 3. The third kappa shape index (κ3) is 5.94. The van der Waals surface area contributed by atoms with Crippen LogP contribution < -0.4 is 0 Å². The molecule has 0 fully saturated rings. The average molecular weight is 425 g/mol. The van der Waals surface area contributed by atoms with Crippen molar-refractivity contribution >= 4 is 20.2 Å². The predicted octanol–water partition coefficient (Wildman–Crippen LogP) is 4.25. The molecule has 25 heavy (non-hydrogen) atoms. The maximum atomic E-state index is 3.36. The first-order chi connectivity index (χ1) is 12.4. The van der Waals surface area contributed by atoms with Crippen molar-refractivity contribution in [1.29, 1.82) is 0 Å². The van der Waals surface area contributed by atoms with E-state index in [0.29, 0.717) is 0 Å². The van der Waals surface area contributed by atoms with E-state index >= 15 is 0 Å². The minimum atomic E-state index is -2.31. The maximum absolute atomic E-state index is 3.36. The molecule has 0 bridgehead atoms. The second kappa shape index (κ2) is 9.45. The molecule has 0 spiro atoms. The summed E-state index contributed by atoms with van der Waals surface area (Å²) in [4.78, 5) is 0. The normalized spacial score (nSPS) is 9.00. The summed E-state index contributed by atoms with van der Waals surface area (Å²) in [5.41, 5.74) is 3.04. The van der Waals surface area contributed by atoms with Crippen molar-refractivity contribution < 1.29 is 0 Å². The molecule has 0 atom stereocenters. The molecule has 0 saturated carbocycles. The molecular formula is C24H15Sb. The van der Waals surface area contributed by atoms with Gasteiger partial charge in [-0.3, -0.25) is 0 Å². The van der Waals surface area contributed by atoms with Gasteiger partial charge in [-0.1, -0.05) is 0 Å². The van der Waals surface area contributed by atoms with Crippen molar-refractivity contribution in [3.05, 3.63) is 108 Å². The van der Waals surface area contributed by atoms with Crippen LogP contribution in [0, 0.1) is 29.4 Å². The van der Waals surface area contributed by atoms with Crippen molar-refractivity contribution in [2.24, 2.45) is 0 Å². The summed E-state index contributed by atoms with van der Waals surface area (Å²) < 4.78 is 10.1. The van der Waals surface area contributed by atoms with E-state index in [2.05, 4.69) is 29.4 Å². The van der Waals surface area contributed by atoms with E-state index in [1.807, 2.05) is 91.0 Å². The van der Waals surface area contributed by atoms with Gasteiger partial charge in [-0.25, -0.2) is 0 Å². The van der Waals surface area contributed by atoms with Gasteiger partial charge in [0.25, 0.3) is 0 Å². The van der Waals surface area contributed by atoms with E-state index in [-0.39, 0.29) is 0 Å². The van der Waals surface area contributed by atoms with Gasteiger partial charge >= 0.3 is 157 Å². The average Bonchev–Trinajstić information content (AvgIpc) is 2.70. The quantitative estimate of drug-likeness (QED) is 0.373. The van der Waals surface area contributed by atoms with Gasteiger partial charge < -0.3 is 0 Å². The van der Waals surface area contributed by atoms with Crippen LogP contribution in [-0.4, -0.2) is 20.2 Å². The van der Waals surface area contributed by atoms with E-state index < -0.39 is 20.2 Å². The second-order valence-electron chi connectivity index (χ2n) is 5.14. The van der Waals surface area contributed by atoms with E-state index in [9.17, 15) is 0 Å². The Morgan fingerprint density at radius 1 is 0.400 bits per heavy atom. The summed E-state index contributed by atoms with van der Waals surface area (Å²) in [7, 11) is 0. The zero-order valence-corrected chi connectivity index (χ0v) is 16.2. The molecule has 0 heterocycles. The van der Waals surface area contributed by atoms with E-state index in [4.69, 9.17) is 0 Å². The van der Waals surface area contributed by atoms with Crippen molar-refractivity contribution in [1.82, 2.24) is 0 Å². The van der Waals surface area contributed by atoms with Gasteiger partial charge in [-0.05, 0) is 0 Å². The van der Waals surface area contributed by atoms with Gasteiger partial charge in [-0.2, -0.15) is 0 Å². The number of hydrogen-bond donors (Lipinski definition) is 0. The molecule has 3 aromatic carbocycles. The van der Waals surface area contributed by atoms with Crippen LogP contribution in [-0.2, 0) is 0 Å². The predicted molar refractivity (Wildman–Crippen MR) is 106 cm³/mol. The van der Waals surface area contributed by atoms with Crippen molar-refractivity contribution in [3.63, 3.8) is 0 Å². The monoisotopic (exact) mass is 424 g/mol. The molecule has 0 saturated heterocycles. The van der Waals surface area contributed by atoms with Gasteiger partial charge in [0.15, 0.2) is 0 Å². The van der Waals surface area contributed by atoms with E-state index in [0.717, 1.165) is 16.7 Å². The molecule has 3 aromatic rings. The van der Waals surface area contributed by atoms with Crippen molar-refractivity contribution in [2.45, 2.75) is 0 Å². The Morgan fingerprint density at radius 3 is 0.960 bits per heavy atom. The van der Waals surface area contributed by atoms with Crippen LogP contribution >= 0.6 is 0 Å². The van der Waals surface area contributed by atoms with E-state index in [1.165, 1.54) is 0 Å². The molecule has 0 aliphatic heterocycles. The van der Waals surface area contributed by atoms with Crippen molar-refractivity contribution in [2.75, 3.05) is 0 Å². The zero-order chi connectivity index (χ0) is 17.2. The third-order valence-electron chi connectivity index (χ3n) is 3.26. The van der Waals surface area contributed by atoms with Crippen LogP contribution in [0.2, 0.25) is 0 Å². The van der Waals surface area contributed by atoms with Gasteiger partial charge in [0, 0.05) is 0 Å². The van der Waals surface area contributed by atoms with Crippen LogP contribution in [0.4, 0.5) is 0 Å². The van der Waals surface area contributed by atoms with Crippen LogP contribution in [0.3, 0.4) is 0 Å². The van der Waals surface area contributed by atoms with Crippen LogP contribution in [0.25, 0.3) is 0 Å². The number of hydrogen-bond acceptors (Lipinski definition) is 0. The minimum absolute atomic E-state index is 1.01. The summed E-state index contributed by atoms with van der Waals surface area (Å²) in [6.07, 6.45) is 0. The molecule has 0 nitrogen and oxygen atoms in total. The van der Waals surface area contributed by atoms with Gasteiger partial charge in [0.05, 0.1) is 0 Å². The van der Waals surface area contributed by atoms with Crippen LogP contribution in [0.1, 0.15) is 16.7 Å². The van der Waals surface area contributed by atoms with Gasteiger partial charge in [0.1, 0.15) is 0 Å². The topological polar surface area (TPSA) is 0 Å². The summed E-state index contributed by atoms with van der Waals surface area (Å²) in [5, 5.41) is 0. The molecule has 3 rings (SSSR count). The molecule has 0 radical (unpaired) electrons. The molecule has 0 aliphatic rings. The fourth-order valence-corrected chi connectivity index (χ4v) is 4.55. The molecule has 0 N–H and O–H groups in total. The fraction of sp³-hybridized carbons (Fsp3) is 0. The molecule has 0 amide bonds. The Hall–Kier alpha value is -2.84. The Morgan fingerprint density at radius 2 is 0.680 bits per heavy atom. The molecular weight excluding hydrogens is 410 g/mol. The zero-order valence-electron chi connectivity index (χ0n) is 13.6. The third-order valence-corrected chi connectivity index (χ3v) is 6.13. The van der Waals surface area contributed by atoms with Crippen LogP contribution in [0.15, 0.2) is 91.0 Å². The molecule has 0 unspecified atom stereocenters. The fourth-order valence-electron chi connectivity index (χ4n) is 2.01. The van der Waals surface area contributed by atoms with Gasteiger partial charge in [-0.15, -0.1) is 0 Å².